The minimum atomic E-state index is -3.64. The van der Waals surface area contributed by atoms with Gasteiger partial charge in [-0.15, -0.1) is 0 Å². The molecule has 0 unspecified atom stereocenters. The number of carbonyl (C=O) groups excluding carboxylic acids is 1. The second-order valence-electron chi connectivity index (χ2n) is 6.20. The number of amides is 1. The first-order valence-electron chi connectivity index (χ1n) is 8.23. The minimum Gasteiger partial charge on any atom is -0.311 e. The van der Waals surface area contributed by atoms with Crippen LogP contribution in [0, 0.1) is 20.8 Å². The fraction of sp³-hybridized carbons (Fsp3) is 0.316. The zero-order valence-electron chi connectivity index (χ0n) is 15.3. The lowest BCUT2D eigenvalue weighted by molar-refractivity contribution is -0.116. The van der Waals surface area contributed by atoms with Gasteiger partial charge in [0.05, 0.1) is 4.90 Å². The number of hydrogen-bond acceptors (Lipinski definition) is 3. The van der Waals surface area contributed by atoms with Gasteiger partial charge in [0.2, 0.25) is 15.9 Å². The van der Waals surface area contributed by atoms with E-state index >= 15 is 0 Å². The van der Waals surface area contributed by atoms with Gasteiger partial charge in [0.1, 0.15) is 0 Å². The van der Waals surface area contributed by atoms with E-state index in [4.69, 9.17) is 11.6 Å². The molecule has 1 N–H and O–H groups in total. The van der Waals surface area contributed by atoms with Crippen molar-refractivity contribution in [3.8, 4) is 0 Å². The molecule has 0 saturated carbocycles. The fourth-order valence-corrected chi connectivity index (χ4v) is 3.87. The van der Waals surface area contributed by atoms with Crippen molar-refractivity contribution >= 4 is 33.2 Å². The average Bonchev–Trinajstić information content (AvgIpc) is 2.57. The molecule has 2 rings (SSSR count). The summed E-state index contributed by atoms with van der Waals surface area (Å²) in [5.74, 6) is -0.180. The summed E-state index contributed by atoms with van der Waals surface area (Å²) >= 11 is 6.13. The van der Waals surface area contributed by atoms with Crippen LogP contribution in [0.3, 0.4) is 0 Å². The summed E-state index contributed by atoms with van der Waals surface area (Å²) in [6, 6.07) is 10.3. The number of nitrogens with one attached hydrogen (secondary N) is 1. The lowest BCUT2D eigenvalue weighted by Gasteiger charge is -2.23. The van der Waals surface area contributed by atoms with Crippen molar-refractivity contribution in [3.63, 3.8) is 0 Å². The summed E-state index contributed by atoms with van der Waals surface area (Å²) in [7, 11) is -3.64. The maximum Gasteiger partial charge on any atom is 0.240 e. The largest absolute Gasteiger partial charge is 0.311 e. The van der Waals surface area contributed by atoms with Gasteiger partial charge in [0, 0.05) is 30.7 Å². The van der Waals surface area contributed by atoms with Crippen LogP contribution in [-0.4, -0.2) is 27.4 Å². The van der Waals surface area contributed by atoms with E-state index < -0.39 is 10.0 Å². The summed E-state index contributed by atoms with van der Waals surface area (Å²) in [6.45, 7) is 7.37. The quantitative estimate of drug-likeness (QED) is 0.814. The first kappa shape index (κ1) is 20.4. The number of rotatable bonds is 6. The Labute approximate surface area is 160 Å². The van der Waals surface area contributed by atoms with E-state index in [9.17, 15) is 13.2 Å². The molecule has 26 heavy (non-hydrogen) atoms. The number of aryl methyl sites for hydroxylation is 2. The number of hydrogen-bond donors (Lipinski definition) is 1. The van der Waals surface area contributed by atoms with Gasteiger partial charge in [0.15, 0.2) is 0 Å². The Balaban J connectivity index is 2.13. The summed E-state index contributed by atoms with van der Waals surface area (Å²) in [5.41, 5.74) is 3.40. The van der Waals surface area contributed by atoms with Crippen LogP contribution in [0.1, 0.15) is 23.6 Å². The van der Waals surface area contributed by atoms with Crippen LogP contribution in [0.4, 0.5) is 5.69 Å². The van der Waals surface area contributed by atoms with Crippen molar-refractivity contribution < 1.29 is 13.2 Å². The first-order valence-corrected chi connectivity index (χ1v) is 10.1. The van der Waals surface area contributed by atoms with Gasteiger partial charge in [-0.05, 0) is 61.7 Å². The smallest absolute Gasteiger partial charge is 0.240 e. The van der Waals surface area contributed by atoms with E-state index in [-0.39, 0.29) is 23.9 Å². The van der Waals surface area contributed by atoms with Crippen LogP contribution in [0.2, 0.25) is 5.02 Å². The highest BCUT2D eigenvalue weighted by atomic mass is 35.5. The lowest BCUT2D eigenvalue weighted by atomic mass is 10.1. The maximum absolute atomic E-state index is 12.5. The van der Waals surface area contributed by atoms with Crippen molar-refractivity contribution in [2.24, 2.45) is 0 Å². The Hall–Kier alpha value is -1.89. The van der Waals surface area contributed by atoms with E-state index in [1.54, 1.807) is 36.4 Å². The molecule has 0 aliphatic heterocycles. The molecule has 0 bridgehead atoms. The van der Waals surface area contributed by atoms with Crippen LogP contribution >= 0.6 is 11.6 Å². The number of anilines is 1. The molecular formula is C19H23ClN2O3S. The first-order chi connectivity index (χ1) is 12.1. The Morgan fingerprint density at radius 3 is 2.42 bits per heavy atom. The van der Waals surface area contributed by atoms with Crippen molar-refractivity contribution in [2.75, 3.05) is 18.0 Å². The number of carbonyl (C=O) groups is 1. The molecule has 0 aliphatic carbocycles. The Morgan fingerprint density at radius 2 is 1.81 bits per heavy atom. The van der Waals surface area contributed by atoms with Gasteiger partial charge in [0.25, 0.3) is 0 Å². The normalized spacial score (nSPS) is 11.4. The monoisotopic (exact) mass is 394 g/mol. The molecular weight excluding hydrogens is 372 g/mol. The van der Waals surface area contributed by atoms with Crippen molar-refractivity contribution in [1.29, 1.82) is 0 Å². The van der Waals surface area contributed by atoms with Crippen molar-refractivity contribution in [1.82, 2.24) is 4.72 Å². The number of benzene rings is 2. The third-order valence-corrected chi connectivity index (χ3v) is 6.19. The summed E-state index contributed by atoms with van der Waals surface area (Å²) in [5, 5.41) is 0.560. The predicted molar refractivity (Wildman–Crippen MR) is 105 cm³/mol. The molecule has 2 aromatic carbocycles. The third kappa shape index (κ3) is 4.63. The molecule has 0 radical (unpaired) electrons. The van der Waals surface area contributed by atoms with Crippen molar-refractivity contribution in [2.45, 2.75) is 32.6 Å². The zero-order chi connectivity index (χ0) is 19.5. The lowest BCUT2D eigenvalue weighted by Crippen LogP contribution is -2.38. The highest BCUT2D eigenvalue weighted by Gasteiger charge is 2.18. The predicted octanol–water partition coefficient (Wildman–Crippen LogP) is 3.60. The molecule has 0 fully saturated rings. The van der Waals surface area contributed by atoms with Gasteiger partial charge < -0.3 is 4.90 Å². The van der Waals surface area contributed by atoms with Gasteiger partial charge in [-0.2, -0.15) is 0 Å². The minimum absolute atomic E-state index is 0.0980. The second-order valence-corrected chi connectivity index (χ2v) is 8.37. The summed E-state index contributed by atoms with van der Waals surface area (Å²) in [6.07, 6.45) is 0. The fourth-order valence-electron chi connectivity index (χ4n) is 2.59. The molecule has 0 aromatic heterocycles. The summed E-state index contributed by atoms with van der Waals surface area (Å²) < 4.78 is 27.5. The third-order valence-electron chi connectivity index (χ3n) is 4.33. The zero-order valence-corrected chi connectivity index (χ0v) is 16.9. The molecule has 140 valence electrons. The Morgan fingerprint density at radius 1 is 1.12 bits per heavy atom. The molecule has 0 saturated heterocycles. The van der Waals surface area contributed by atoms with E-state index in [0.29, 0.717) is 10.7 Å². The molecule has 0 aliphatic rings. The van der Waals surface area contributed by atoms with Gasteiger partial charge >= 0.3 is 0 Å². The number of sulfonamides is 1. The maximum atomic E-state index is 12.5. The second kappa shape index (κ2) is 8.20. The highest BCUT2D eigenvalue weighted by molar-refractivity contribution is 7.89. The SMILES string of the molecule is CC(=O)N(CCNS(=O)(=O)c1ccc(C)c(C)c1)c1cccc(Cl)c1C. The van der Waals surface area contributed by atoms with Gasteiger partial charge in [-0.3, -0.25) is 4.79 Å². The molecule has 7 heteroatoms. The van der Waals surface area contributed by atoms with Crippen LogP contribution in [0.15, 0.2) is 41.3 Å². The topological polar surface area (TPSA) is 66.5 Å². The molecule has 2 aromatic rings. The van der Waals surface area contributed by atoms with E-state index in [1.807, 2.05) is 20.8 Å². The highest BCUT2D eigenvalue weighted by Crippen LogP contribution is 2.26. The molecule has 0 heterocycles. The van der Waals surface area contributed by atoms with Gasteiger partial charge in [-0.1, -0.05) is 23.7 Å². The van der Waals surface area contributed by atoms with Crippen molar-refractivity contribution in [3.05, 3.63) is 58.1 Å². The average molecular weight is 395 g/mol. The molecule has 0 atom stereocenters. The standard InChI is InChI=1S/C19H23ClN2O3S/c1-13-8-9-17(12-14(13)2)26(24,25)21-10-11-22(16(4)23)19-7-5-6-18(20)15(19)3/h5-9,12,21H,10-11H2,1-4H3. The summed E-state index contributed by atoms with van der Waals surface area (Å²) in [4.78, 5) is 13.8. The Bertz CT molecular complexity index is 926. The number of halogens is 1. The molecule has 5 nitrogen and oxygen atoms in total. The van der Waals surface area contributed by atoms with Crippen LogP contribution in [0.25, 0.3) is 0 Å². The Kier molecular flexibility index (Phi) is 6.44. The molecule has 0 spiro atoms. The van der Waals surface area contributed by atoms with Crippen LogP contribution in [0.5, 0.6) is 0 Å². The van der Waals surface area contributed by atoms with Crippen LogP contribution in [-0.2, 0) is 14.8 Å². The number of nitrogens with zero attached hydrogens (tertiary/aromatic N) is 1. The van der Waals surface area contributed by atoms with E-state index in [2.05, 4.69) is 4.72 Å². The van der Waals surface area contributed by atoms with E-state index in [0.717, 1.165) is 16.7 Å². The van der Waals surface area contributed by atoms with Gasteiger partial charge in [-0.25, -0.2) is 13.1 Å². The van der Waals surface area contributed by atoms with E-state index in [1.165, 1.54) is 11.8 Å². The molecule has 1 amide bonds. The van der Waals surface area contributed by atoms with Crippen LogP contribution < -0.4 is 9.62 Å².